The Hall–Kier alpha value is -2.57. The summed E-state index contributed by atoms with van der Waals surface area (Å²) in [6, 6.07) is 11.2. The lowest BCUT2D eigenvalue weighted by Crippen LogP contribution is -2.48. The van der Waals surface area contributed by atoms with Crippen LogP contribution in [-0.4, -0.2) is 30.7 Å². The van der Waals surface area contributed by atoms with E-state index in [-0.39, 0.29) is 16.5 Å². The van der Waals surface area contributed by atoms with E-state index < -0.39 is 17.9 Å². The number of hydrogen-bond donors (Lipinski definition) is 2. The molecule has 0 spiro atoms. The maximum Gasteiger partial charge on any atom is 0.262 e. The Kier molecular flexibility index (Phi) is 9.82. The molecule has 0 aromatic heterocycles. The number of benzene rings is 2. The highest BCUT2D eigenvalue weighted by Crippen LogP contribution is 2.21. The average Bonchev–Trinajstić information content (AvgIpc) is 2.72. The monoisotopic (exact) mass is 463 g/mol. The summed E-state index contributed by atoms with van der Waals surface area (Å²) < 4.78 is 5.67. The lowest BCUT2D eigenvalue weighted by atomic mass is 10.0. The van der Waals surface area contributed by atoms with Crippen LogP contribution in [0.25, 0.3) is 0 Å². The lowest BCUT2D eigenvalue weighted by molar-refractivity contribution is -0.123. The Balaban J connectivity index is 1.99. The van der Waals surface area contributed by atoms with E-state index >= 15 is 0 Å². The van der Waals surface area contributed by atoms with Gasteiger partial charge < -0.3 is 10.1 Å². The Labute approximate surface area is 193 Å². The van der Waals surface area contributed by atoms with Crippen molar-refractivity contribution in [1.29, 1.82) is 0 Å². The van der Waals surface area contributed by atoms with Crippen LogP contribution >= 0.6 is 23.2 Å². The van der Waals surface area contributed by atoms with E-state index in [9.17, 15) is 9.59 Å². The molecule has 0 bridgehead atoms. The standard InChI is InChI=1S/C23H27Cl2N3O3/c1-4-5-11-31-18-8-6-7-16(12-18)14-26-28-23(30)21(15(2)3)27-22(29)19-10-9-17(24)13-20(19)25/h6-10,12-15,21H,4-5,11H2,1-3H3,(H,27,29)(H,28,30)/b26-14+. The van der Waals surface area contributed by atoms with Crippen molar-refractivity contribution in [3.63, 3.8) is 0 Å². The van der Waals surface area contributed by atoms with Gasteiger partial charge in [-0.05, 0) is 48.2 Å². The first-order valence-electron chi connectivity index (χ1n) is 10.1. The van der Waals surface area contributed by atoms with Crippen molar-refractivity contribution in [1.82, 2.24) is 10.7 Å². The van der Waals surface area contributed by atoms with E-state index in [1.165, 1.54) is 18.3 Å². The summed E-state index contributed by atoms with van der Waals surface area (Å²) in [5.41, 5.74) is 3.51. The summed E-state index contributed by atoms with van der Waals surface area (Å²) in [6.07, 6.45) is 3.57. The highest BCUT2D eigenvalue weighted by Gasteiger charge is 2.25. The van der Waals surface area contributed by atoms with Gasteiger partial charge in [-0.2, -0.15) is 5.10 Å². The van der Waals surface area contributed by atoms with Crippen LogP contribution in [0.1, 0.15) is 49.5 Å². The number of nitrogens with zero attached hydrogens (tertiary/aromatic N) is 1. The van der Waals surface area contributed by atoms with Crippen molar-refractivity contribution in [2.24, 2.45) is 11.0 Å². The minimum absolute atomic E-state index is 0.166. The van der Waals surface area contributed by atoms with Gasteiger partial charge in [-0.25, -0.2) is 5.43 Å². The highest BCUT2D eigenvalue weighted by molar-refractivity contribution is 6.36. The van der Waals surface area contributed by atoms with Crippen molar-refractivity contribution in [3.05, 3.63) is 63.6 Å². The second-order valence-corrected chi connectivity index (χ2v) is 8.17. The van der Waals surface area contributed by atoms with Gasteiger partial charge in [-0.1, -0.05) is 62.5 Å². The summed E-state index contributed by atoms with van der Waals surface area (Å²) in [5.74, 6) is -0.312. The van der Waals surface area contributed by atoms with Crippen LogP contribution in [-0.2, 0) is 4.79 Å². The topological polar surface area (TPSA) is 79.8 Å². The van der Waals surface area contributed by atoms with E-state index in [1.807, 2.05) is 38.1 Å². The van der Waals surface area contributed by atoms with Gasteiger partial charge in [0.15, 0.2) is 0 Å². The van der Waals surface area contributed by atoms with Crippen LogP contribution in [0.2, 0.25) is 10.0 Å². The summed E-state index contributed by atoms with van der Waals surface area (Å²) >= 11 is 12.0. The number of nitrogens with one attached hydrogen (secondary N) is 2. The molecule has 8 heteroatoms. The molecular formula is C23H27Cl2N3O3. The van der Waals surface area contributed by atoms with Crippen LogP contribution in [0, 0.1) is 5.92 Å². The number of carbonyl (C=O) groups excluding carboxylic acids is 2. The van der Waals surface area contributed by atoms with Gasteiger partial charge in [0.05, 0.1) is 23.4 Å². The van der Waals surface area contributed by atoms with Gasteiger partial charge in [-0.3, -0.25) is 9.59 Å². The molecule has 0 aliphatic heterocycles. The molecule has 2 rings (SSSR count). The molecule has 0 saturated heterocycles. The SMILES string of the molecule is CCCCOc1cccc(/C=N/NC(=O)C(NC(=O)c2ccc(Cl)cc2Cl)C(C)C)c1. The largest absolute Gasteiger partial charge is 0.494 e. The van der Waals surface area contributed by atoms with Gasteiger partial charge in [-0.15, -0.1) is 0 Å². The Morgan fingerprint density at radius 1 is 1.16 bits per heavy atom. The number of carbonyl (C=O) groups is 2. The molecule has 1 unspecified atom stereocenters. The fraction of sp³-hybridized carbons (Fsp3) is 0.348. The molecule has 0 aliphatic rings. The maximum absolute atomic E-state index is 12.6. The smallest absolute Gasteiger partial charge is 0.262 e. The van der Waals surface area contributed by atoms with Gasteiger partial charge in [0.25, 0.3) is 11.8 Å². The Bertz CT molecular complexity index is 932. The third-order valence-electron chi connectivity index (χ3n) is 4.42. The minimum Gasteiger partial charge on any atom is -0.494 e. The summed E-state index contributed by atoms with van der Waals surface area (Å²) in [6.45, 7) is 6.41. The zero-order valence-corrected chi connectivity index (χ0v) is 19.3. The lowest BCUT2D eigenvalue weighted by Gasteiger charge is -2.20. The minimum atomic E-state index is -0.792. The molecule has 2 aromatic rings. The molecule has 0 aliphatic carbocycles. The molecule has 0 saturated carbocycles. The molecule has 2 amide bonds. The number of hydrogen-bond acceptors (Lipinski definition) is 4. The summed E-state index contributed by atoms with van der Waals surface area (Å²) in [7, 11) is 0. The predicted octanol–water partition coefficient (Wildman–Crippen LogP) is 5.08. The normalized spacial score (nSPS) is 12.1. The molecule has 0 radical (unpaired) electrons. The van der Waals surface area contributed by atoms with Crippen LogP contribution in [0.3, 0.4) is 0 Å². The van der Waals surface area contributed by atoms with Crippen molar-refractivity contribution in [2.45, 2.75) is 39.7 Å². The number of rotatable bonds is 10. The zero-order valence-electron chi connectivity index (χ0n) is 17.8. The van der Waals surface area contributed by atoms with Crippen LogP contribution in [0.4, 0.5) is 0 Å². The summed E-state index contributed by atoms with van der Waals surface area (Å²) in [5, 5.41) is 7.36. The third-order valence-corrected chi connectivity index (χ3v) is 4.97. The molecule has 2 aromatic carbocycles. The van der Waals surface area contributed by atoms with Gasteiger partial charge in [0, 0.05) is 5.02 Å². The number of unbranched alkanes of at least 4 members (excludes halogenated alkanes) is 1. The van der Waals surface area contributed by atoms with E-state index in [2.05, 4.69) is 22.8 Å². The molecule has 0 heterocycles. The van der Waals surface area contributed by atoms with E-state index in [1.54, 1.807) is 6.07 Å². The first-order valence-corrected chi connectivity index (χ1v) is 10.9. The molecule has 31 heavy (non-hydrogen) atoms. The van der Waals surface area contributed by atoms with E-state index in [0.29, 0.717) is 11.6 Å². The fourth-order valence-electron chi connectivity index (χ4n) is 2.69. The first-order chi connectivity index (χ1) is 14.8. The number of amides is 2. The van der Waals surface area contributed by atoms with Crippen molar-refractivity contribution in [3.8, 4) is 5.75 Å². The number of ether oxygens (including phenoxy) is 1. The zero-order chi connectivity index (χ0) is 22.8. The van der Waals surface area contributed by atoms with Crippen LogP contribution < -0.4 is 15.5 Å². The van der Waals surface area contributed by atoms with E-state index in [0.717, 1.165) is 24.2 Å². The second kappa shape index (κ2) is 12.3. The van der Waals surface area contributed by atoms with Crippen molar-refractivity contribution in [2.75, 3.05) is 6.61 Å². The van der Waals surface area contributed by atoms with E-state index in [4.69, 9.17) is 27.9 Å². The highest BCUT2D eigenvalue weighted by atomic mass is 35.5. The first kappa shape index (κ1) is 24.7. The molecule has 6 nitrogen and oxygen atoms in total. The molecule has 166 valence electrons. The van der Waals surface area contributed by atoms with Crippen molar-refractivity contribution >= 4 is 41.2 Å². The van der Waals surface area contributed by atoms with Gasteiger partial charge in [0.2, 0.25) is 0 Å². The van der Waals surface area contributed by atoms with Crippen molar-refractivity contribution < 1.29 is 14.3 Å². The second-order valence-electron chi connectivity index (χ2n) is 7.33. The Morgan fingerprint density at radius 3 is 2.61 bits per heavy atom. The molecule has 0 fully saturated rings. The Morgan fingerprint density at radius 2 is 1.94 bits per heavy atom. The maximum atomic E-state index is 12.6. The van der Waals surface area contributed by atoms with Gasteiger partial charge >= 0.3 is 0 Å². The number of halogens is 2. The van der Waals surface area contributed by atoms with Gasteiger partial charge in [0.1, 0.15) is 11.8 Å². The third kappa shape index (κ3) is 7.89. The summed E-state index contributed by atoms with van der Waals surface area (Å²) in [4.78, 5) is 25.2. The quantitative estimate of drug-likeness (QED) is 0.293. The number of hydrazone groups is 1. The fourth-order valence-corrected chi connectivity index (χ4v) is 3.18. The van der Waals surface area contributed by atoms with Crippen LogP contribution in [0.5, 0.6) is 5.75 Å². The predicted molar refractivity (Wildman–Crippen MR) is 125 cm³/mol. The molecular weight excluding hydrogens is 437 g/mol. The molecule has 2 N–H and O–H groups in total. The average molecular weight is 464 g/mol. The molecule has 1 atom stereocenters. The van der Waals surface area contributed by atoms with Crippen LogP contribution in [0.15, 0.2) is 47.6 Å².